The molecule has 2 amide bonds. The Morgan fingerprint density at radius 2 is 2.19 bits per heavy atom. The van der Waals surface area contributed by atoms with Gasteiger partial charge in [0.2, 0.25) is 12.3 Å². The lowest BCUT2D eigenvalue weighted by atomic mass is 10.2. The van der Waals surface area contributed by atoms with Gasteiger partial charge in [-0.3, -0.25) is 9.59 Å². The SMILES string of the molecule is Nc1ccc(N2CCN(C=O)CC2=O)cn1. The molecule has 0 aromatic carbocycles. The second-order valence-corrected chi connectivity index (χ2v) is 3.56. The van der Waals surface area contributed by atoms with Gasteiger partial charge >= 0.3 is 0 Å². The first-order chi connectivity index (χ1) is 7.70. The second kappa shape index (κ2) is 4.18. The smallest absolute Gasteiger partial charge is 0.246 e. The van der Waals surface area contributed by atoms with Gasteiger partial charge < -0.3 is 15.5 Å². The fourth-order valence-electron chi connectivity index (χ4n) is 1.61. The minimum Gasteiger partial charge on any atom is -0.384 e. The number of aromatic nitrogens is 1. The number of carbonyl (C=O) groups is 2. The van der Waals surface area contributed by atoms with Crippen LogP contribution >= 0.6 is 0 Å². The standard InChI is InChI=1S/C10H12N4O2/c11-9-2-1-8(5-12-9)14-4-3-13(7-15)6-10(14)16/h1-2,5,7H,3-4,6H2,(H2,11,12). The largest absolute Gasteiger partial charge is 0.384 e. The summed E-state index contributed by atoms with van der Waals surface area (Å²) in [5, 5.41) is 0. The molecule has 1 aliphatic heterocycles. The summed E-state index contributed by atoms with van der Waals surface area (Å²) in [7, 11) is 0. The minimum atomic E-state index is -0.107. The third-order valence-corrected chi connectivity index (χ3v) is 2.48. The van der Waals surface area contributed by atoms with Gasteiger partial charge in [0.1, 0.15) is 5.82 Å². The molecule has 0 radical (unpaired) electrons. The highest BCUT2D eigenvalue weighted by atomic mass is 16.2. The lowest BCUT2D eigenvalue weighted by Gasteiger charge is -2.31. The number of hydrogen-bond acceptors (Lipinski definition) is 4. The molecule has 84 valence electrons. The summed E-state index contributed by atoms with van der Waals surface area (Å²) in [6.07, 6.45) is 2.25. The molecule has 16 heavy (non-hydrogen) atoms. The molecule has 0 bridgehead atoms. The fraction of sp³-hybridized carbons (Fsp3) is 0.300. The van der Waals surface area contributed by atoms with E-state index in [0.717, 1.165) is 0 Å². The van der Waals surface area contributed by atoms with E-state index in [4.69, 9.17) is 5.73 Å². The highest BCUT2D eigenvalue weighted by Gasteiger charge is 2.24. The summed E-state index contributed by atoms with van der Waals surface area (Å²) < 4.78 is 0. The van der Waals surface area contributed by atoms with Crippen molar-refractivity contribution in [2.24, 2.45) is 0 Å². The van der Waals surface area contributed by atoms with Crippen molar-refractivity contribution >= 4 is 23.8 Å². The molecular formula is C10H12N4O2. The molecule has 0 spiro atoms. The van der Waals surface area contributed by atoms with Crippen LogP contribution in [0.4, 0.5) is 11.5 Å². The summed E-state index contributed by atoms with van der Waals surface area (Å²) in [5.41, 5.74) is 6.18. The number of nitrogens with zero attached hydrogens (tertiary/aromatic N) is 3. The molecule has 0 aliphatic carbocycles. The van der Waals surface area contributed by atoms with Gasteiger partial charge in [0.25, 0.3) is 0 Å². The molecule has 1 aromatic rings. The maximum absolute atomic E-state index is 11.7. The van der Waals surface area contributed by atoms with E-state index in [1.165, 1.54) is 4.90 Å². The van der Waals surface area contributed by atoms with Crippen molar-refractivity contribution in [3.63, 3.8) is 0 Å². The Morgan fingerprint density at radius 1 is 1.38 bits per heavy atom. The van der Waals surface area contributed by atoms with Gasteiger partial charge in [0.15, 0.2) is 0 Å². The minimum absolute atomic E-state index is 0.107. The molecule has 0 atom stereocenters. The van der Waals surface area contributed by atoms with Crippen LogP contribution in [0.25, 0.3) is 0 Å². The first-order valence-electron chi connectivity index (χ1n) is 4.92. The van der Waals surface area contributed by atoms with Crippen LogP contribution < -0.4 is 10.6 Å². The maximum atomic E-state index is 11.7. The molecule has 1 aromatic heterocycles. The summed E-state index contributed by atoms with van der Waals surface area (Å²) in [5.74, 6) is 0.313. The lowest BCUT2D eigenvalue weighted by Crippen LogP contribution is -2.49. The number of nitrogen functional groups attached to an aromatic ring is 1. The average Bonchev–Trinajstić information content (AvgIpc) is 2.30. The van der Waals surface area contributed by atoms with Gasteiger partial charge in [-0.25, -0.2) is 4.98 Å². The summed E-state index contributed by atoms with van der Waals surface area (Å²) in [4.78, 5) is 29.2. The van der Waals surface area contributed by atoms with Gasteiger partial charge in [-0.05, 0) is 12.1 Å². The van der Waals surface area contributed by atoms with Gasteiger partial charge in [-0.1, -0.05) is 0 Å². The zero-order valence-electron chi connectivity index (χ0n) is 8.67. The summed E-state index contributed by atoms with van der Waals surface area (Å²) >= 11 is 0. The molecular weight excluding hydrogens is 208 g/mol. The molecule has 0 saturated carbocycles. The van der Waals surface area contributed by atoms with Crippen LogP contribution in [-0.2, 0) is 9.59 Å². The van der Waals surface area contributed by atoms with Crippen molar-refractivity contribution in [1.29, 1.82) is 0 Å². The molecule has 6 heteroatoms. The predicted octanol–water partition coefficient (Wildman–Crippen LogP) is -0.531. The number of carbonyl (C=O) groups excluding carboxylic acids is 2. The highest BCUT2D eigenvalue weighted by molar-refractivity contribution is 5.96. The molecule has 1 fully saturated rings. The van der Waals surface area contributed by atoms with Crippen molar-refractivity contribution < 1.29 is 9.59 Å². The molecule has 1 saturated heterocycles. The Bertz CT molecular complexity index is 404. The number of piperazine rings is 1. The zero-order valence-corrected chi connectivity index (χ0v) is 8.67. The molecule has 0 unspecified atom stereocenters. The molecule has 2 N–H and O–H groups in total. The van der Waals surface area contributed by atoms with Crippen LogP contribution in [0.15, 0.2) is 18.3 Å². The average molecular weight is 220 g/mol. The molecule has 6 nitrogen and oxygen atoms in total. The van der Waals surface area contributed by atoms with Crippen LogP contribution in [-0.4, -0.2) is 41.8 Å². The Morgan fingerprint density at radius 3 is 2.75 bits per heavy atom. The van der Waals surface area contributed by atoms with Gasteiger partial charge in [0.05, 0.1) is 18.4 Å². The fourth-order valence-corrected chi connectivity index (χ4v) is 1.61. The van der Waals surface area contributed by atoms with Crippen molar-refractivity contribution in [3.8, 4) is 0 Å². The molecule has 2 rings (SSSR count). The van der Waals surface area contributed by atoms with E-state index in [2.05, 4.69) is 4.98 Å². The first-order valence-corrected chi connectivity index (χ1v) is 4.92. The maximum Gasteiger partial charge on any atom is 0.246 e. The third-order valence-electron chi connectivity index (χ3n) is 2.48. The number of rotatable bonds is 2. The van der Waals surface area contributed by atoms with Crippen LogP contribution in [0.1, 0.15) is 0 Å². The van der Waals surface area contributed by atoms with Gasteiger partial charge in [-0.15, -0.1) is 0 Å². The number of anilines is 2. The number of hydrogen-bond donors (Lipinski definition) is 1. The highest BCUT2D eigenvalue weighted by Crippen LogP contribution is 2.16. The molecule has 1 aliphatic rings. The summed E-state index contributed by atoms with van der Waals surface area (Å²) in [6.45, 7) is 1.15. The van der Waals surface area contributed by atoms with E-state index in [-0.39, 0.29) is 12.5 Å². The van der Waals surface area contributed by atoms with E-state index in [0.29, 0.717) is 31.0 Å². The number of pyridine rings is 1. The van der Waals surface area contributed by atoms with Crippen LogP contribution in [0.3, 0.4) is 0 Å². The van der Waals surface area contributed by atoms with Gasteiger partial charge in [-0.2, -0.15) is 0 Å². The van der Waals surface area contributed by atoms with Crippen molar-refractivity contribution in [3.05, 3.63) is 18.3 Å². The number of amides is 2. The Hall–Kier alpha value is -2.11. The van der Waals surface area contributed by atoms with Crippen LogP contribution in [0.5, 0.6) is 0 Å². The Balaban J connectivity index is 2.14. The predicted molar refractivity (Wildman–Crippen MR) is 58.6 cm³/mol. The normalized spacial score (nSPS) is 16.4. The van der Waals surface area contributed by atoms with E-state index < -0.39 is 0 Å². The Kier molecular flexibility index (Phi) is 2.72. The lowest BCUT2D eigenvalue weighted by molar-refractivity contribution is -0.128. The van der Waals surface area contributed by atoms with Gasteiger partial charge in [0, 0.05) is 13.1 Å². The van der Waals surface area contributed by atoms with E-state index in [1.807, 2.05) is 0 Å². The number of nitrogens with two attached hydrogens (primary N) is 1. The van der Waals surface area contributed by atoms with Crippen LogP contribution in [0.2, 0.25) is 0 Å². The summed E-state index contributed by atoms with van der Waals surface area (Å²) in [6, 6.07) is 3.39. The van der Waals surface area contributed by atoms with Crippen molar-refractivity contribution in [2.45, 2.75) is 0 Å². The van der Waals surface area contributed by atoms with Crippen molar-refractivity contribution in [1.82, 2.24) is 9.88 Å². The Labute approximate surface area is 92.7 Å². The molecule has 2 heterocycles. The quantitative estimate of drug-likeness (QED) is 0.679. The van der Waals surface area contributed by atoms with E-state index >= 15 is 0 Å². The van der Waals surface area contributed by atoms with E-state index in [9.17, 15) is 9.59 Å². The zero-order chi connectivity index (χ0) is 11.5. The van der Waals surface area contributed by atoms with E-state index in [1.54, 1.807) is 23.2 Å². The monoisotopic (exact) mass is 220 g/mol. The van der Waals surface area contributed by atoms with Crippen LogP contribution in [0, 0.1) is 0 Å². The first kappa shape index (κ1) is 10.4. The third kappa shape index (κ3) is 1.95. The second-order valence-electron chi connectivity index (χ2n) is 3.56. The van der Waals surface area contributed by atoms with Crippen molar-refractivity contribution in [2.75, 3.05) is 30.3 Å². The topological polar surface area (TPSA) is 79.5 Å².